The number of aliphatic hydroxyl groups is 1. The van der Waals surface area contributed by atoms with Crippen molar-refractivity contribution in [2.45, 2.75) is 0 Å². The summed E-state index contributed by atoms with van der Waals surface area (Å²) in [5.74, 6) is 0. The van der Waals surface area contributed by atoms with Crippen molar-refractivity contribution in [3.63, 3.8) is 0 Å². The highest BCUT2D eigenvalue weighted by Gasteiger charge is 1.96. The van der Waals surface area contributed by atoms with Crippen molar-refractivity contribution in [1.82, 2.24) is 0 Å². The molecule has 4 heteroatoms. The Morgan fingerprint density at radius 2 is 2.08 bits per heavy atom. The van der Waals surface area contributed by atoms with Crippen LogP contribution in [-0.2, 0) is 0 Å². The summed E-state index contributed by atoms with van der Waals surface area (Å²) in [6.45, 7) is 0.619. The highest BCUT2D eigenvalue weighted by atomic mass is 32.9. The Morgan fingerprint density at radius 1 is 1.23 bits per heavy atom. The van der Waals surface area contributed by atoms with Gasteiger partial charge in [-0.2, -0.15) is 0 Å². The summed E-state index contributed by atoms with van der Waals surface area (Å²) in [5, 5.41) is 9.85. The van der Waals surface area contributed by atoms with E-state index in [1.165, 1.54) is 10.1 Å². The molecule has 1 aromatic carbocycles. The average Bonchev–Trinajstić information content (AvgIpc) is 2.58. The highest BCUT2D eigenvalue weighted by Crippen LogP contribution is 2.19. The Labute approximate surface area is 83.2 Å². The molecule has 0 amide bonds. The molecule has 0 aliphatic carbocycles. The number of fused-ring (bicyclic) bond motifs is 1. The van der Waals surface area contributed by atoms with Crippen LogP contribution >= 0.6 is 20.7 Å². The topological polar surface area (TPSA) is 32.6 Å². The maximum atomic E-state index is 8.65. The number of benzene rings is 1. The summed E-state index contributed by atoms with van der Waals surface area (Å²) in [4.78, 5) is 4.29. The maximum Gasteiger partial charge on any atom is 0.129 e. The molecule has 0 unspecified atom stereocenters. The van der Waals surface area contributed by atoms with E-state index >= 15 is 0 Å². The number of rotatable bonds is 2. The molecule has 0 aliphatic heterocycles. The lowest BCUT2D eigenvalue weighted by Gasteiger charge is -1.86. The quantitative estimate of drug-likeness (QED) is 0.756. The minimum absolute atomic E-state index is 0.122. The summed E-state index contributed by atoms with van der Waals surface area (Å²) in [6.07, 6.45) is 0. The molecule has 1 heterocycles. The average molecular weight is 211 g/mol. The monoisotopic (exact) mass is 211 g/mol. The Hall–Kier alpha value is -0.710. The molecule has 2 nitrogen and oxygen atoms in total. The van der Waals surface area contributed by atoms with E-state index in [0.29, 0.717) is 6.54 Å². The van der Waals surface area contributed by atoms with Crippen molar-refractivity contribution in [2.75, 3.05) is 13.2 Å². The first-order chi connectivity index (χ1) is 6.42. The number of nitrogens with zero attached hydrogens (tertiary/aromatic N) is 1. The van der Waals surface area contributed by atoms with E-state index in [0.717, 1.165) is 4.67 Å². The smallest absolute Gasteiger partial charge is 0.129 e. The first-order valence-electron chi connectivity index (χ1n) is 4.01. The molecular formula is C9H9NOS2. The summed E-state index contributed by atoms with van der Waals surface area (Å²) in [5.41, 5.74) is 0. The fourth-order valence-corrected chi connectivity index (χ4v) is 3.51. The van der Waals surface area contributed by atoms with Crippen LogP contribution in [0, 0.1) is 0 Å². The highest BCUT2D eigenvalue weighted by molar-refractivity contribution is 7.71. The van der Waals surface area contributed by atoms with Gasteiger partial charge in [-0.05, 0) is 6.07 Å². The van der Waals surface area contributed by atoms with Gasteiger partial charge < -0.3 is 5.11 Å². The van der Waals surface area contributed by atoms with Crippen LogP contribution in [0.2, 0.25) is 0 Å². The largest absolute Gasteiger partial charge is 0.394 e. The van der Waals surface area contributed by atoms with E-state index in [-0.39, 0.29) is 6.61 Å². The lowest BCUT2D eigenvalue weighted by Crippen LogP contribution is -1.98. The maximum absolute atomic E-state index is 8.65. The summed E-state index contributed by atoms with van der Waals surface area (Å²) in [6, 6.07) is 8.20. The molecule has 0 aliphatic rings. The molecule has 2 rings (SSSR count). The van der Waals surface area contributed by atoms with Crippen LogP contribution in [0.3, 0.4) is 0 Å². The Kier molecular flexibility index (Phi) is 2.73. The predicted molar refractivity (Wildman–Crippen MR) is 57.2 cm³/mol. The molecule has 2 aromatic rings. The van der Waals surface area contributed by atoms with Crippen molar-refractivity contribution in [3.05, 3.63) is 28.9 Å². The third-order valence-electron chi connectivity index (χ3n) is 1.68. The summed E-state index contributed by atoms with van der Waals surface area (Å²) >= 11 is 0. The molecule has 0 spiro atoms. The van der Waals surface area contributed by atoms with E-state index < -0.39 is 0 Å². The van der Waals surface area contributed by atoms with Crippen molar-refractivity contribution >= 4 is 30.8 Å². The minimum atomic E-state index is 0.122. The summed E-state index contributed by atoms with van der Waals surface area (Å²) in [7, 11) is 3.40. The van der Waals surface area contributed by atoms with Gasteiger partial charge in [0.1, 0.15) is 4.67 Å². The van der Waals surface area contributed by atoms with Gasteiger partial charge in [0.25, 0.3) is 0 Å². The number of aliphatic hydroxyl groups excluding tert-OH is 1. The molecule has 0 atom stereocenters. The SMILES string of the molecule is OCCN=c1ssc2ccccc12. The van der Waals surface area contributed by atoms with Gasteiger partial charge in [-0.15, -0.1) is 0 Å². The van der Waals surface area contributed by atoms with Crippen LogP contribution in [0.4, 0.5) is 0 Å². The first-order valence-corrected chi connectivity index (χ1v) is 6.16. The van der Waals surface area contributed by atoms with Crippen molar-refractivity contribution in [2.24, 2.45) is 4.99 Å². The zero-order chi connectivity index (χ0) is 9.10. The predicted octanol–water partition coefficient (Wildman–Crippen LogP) is 1.86. The second-order valence-corrected chi connectivity index (χ2v) is 4.73. The van der Waals surface area contributed by atoms with Crippen molar-refractivity contribution in [3.8, 4) is 0 Å². The third-order valence-corrected chi connectivity index (χ3v) is 4.07. The van der Waals surface area contributed by atoms with Crippen LogP contribution in [0.25, 0.3) is 10.1 Å². The van der Waals surface area contributed by atoms with Crippen LogP contribution in [0.15, 0.2) is 29.3 Å². The van der Waals surface area contributed by atoms with E-state index in [9.17, 15) is 0 Å². The Bertz CT molecular complexity index is 458. The van der Waals surface area contributed by atoms with Crippen LogP contribution < -0.4 is 4.67 Å². The third kappa shape index (κ3) is 1.80. The van der Waals surface area contributed by atoms with Gasteiger partial charge in [0.15, 0.2) is 0 Å². The summed E-state index contributed by atoms with van der Waals surface area (Å²) < 4.78 is 2.30. The standard InChI is InChI=1S/C9H9NOS2/c11-6-5-10-9-7-3-1-2-4-8(7)12-13-9/h1-4,11H,5-6H2. The molecular weight excluding hydrogens is 202 g/mol. The van der Waals surface area contributed by atoms with Crippen LogP contribution in [0.5, 0.6) is 0 Å². The molecule has 1 N–H and O–H groups in total. The van der Waals surface area contributed by atoms with Gasteiger partial charge >= 0.3 is 0 Å². The Morgan fingerprint density at radius 3 is 2.92 bits per heavy atom. The fourth-order valence-electron chi connectivity index (χ4n) is 1.11. The molecule has 1 aromatic heterocycles. The number of hydrogen-bond acceptors (Lipinski definition) is 4. The van der Waals surface area contributed by atoms with E-state index in [4.69, 9.17) is 5.11 Å². The van der Waals surface area contributed by atoms with Crippen LogP contribution in [-0.4, -0.2) is 18.3 Å². The Balaban J connectivity index is 2.58. The van der Waals surface area contributed by atoms with Gasteiger partial charge in [-0.1, -0.05) is 38.9 Å². The van der Waals surface area contributed by atoms with Gasteiger partial charge in [0.2, 0.25) is 0 Å². The lowest BCUT2D eigenvalue weighted by molar-refractivity contribution is 0.306. The molecule has 68 valence electrons. The molecule has 0 fully saturated rings. The fraction of sp³-hybridized carbons (Fsp3) is 0.222. The normalized spacial score (nSPS) is 12.5. The van der Waals surface area contributed by atoms with Crippen molar-refractivity contribution in [1.29, 1.82) is 0 Å². The van der Waals surface area contributed by atoms with Gasteiger partial charge in [-0.3, -0.25) is 4.99 Å². The van der Waals surface area contributed by atoms with E-state index in [2.05, 4.69) is 17.1 Å². The van der Waals surface area contributed by atoms with E-state index in [1.54, 1.807) is 20.7 Å². The molecule has 0 bridgehead atoms. The second-order valence-electron chi connectivity index (χ2n) is 2.57. The molecule has 0 radical (unpaired) electrons. The molecule has 13 heavy (non-hydrogen) atoms. The van der Waals surface area contributed by atoms with Crippen molar-refractivity contribution < 1.29 is 5.11 Å². The molecule has 0 saturated carbocycles. The van der Waals surface area contributed by atoms with Crippen LogP contribution in [0.1, 0.15) is 0 Å². The zero-order valence-corrected chi connectivity index (χ0v) is 8.57. The lowest BCUT2D eigenvalue weighted by atomic mass is 10.3. The zero-order valence-electron chi connectivity index (χ0n) is 6.93. The van der Waals surface area contributed by atoms with Gasteiger partial charge in [0, 0.05) is 10.1 Å². The first kappa shape index (κ1) is 8.87. The van der Waals surface area contributed by atoms with Gasteiger partial charge in [-0.25, -0.2) is 0 Å². The van der Waals surface area contributed by atoms with E-state index in [1.807, 2.05) is 12.1 Å². The van der Waals surface area contributed by atoms with Gasteiger partial charge in [0.05, 0.1) is 13.2 Å². The number of hydrogen-bond donors (Lipinski definition) is 1. The minimum Gasteiger partial charge on any atom is -0.394 e. The molecule has 0 saturated heterocycles. The second kappa shape index (κ2) is 4.00.